The Kier molecular flexibility index (Phi) is 13.7. The molecule has 0 aliphatic carbocycles. The van der Waals surface area contributed by atoms with Crippen molar-refractivity contribution in [2.45, 2.75) is 52.9 Å². The maximum Gasteiger partial charge on any atom is 0.251 e. The molecular weight excluding hydrogens is 350 g/mol. The van der Waals surface area contributed by atoms with Crippen LogP contribution in [0.3, 0.4) is 0 Å². The fourth-order valence-electron chi connectivity index (χ4n) is 2.59. The lowest BCUT2D eigenvalue weighted by Gasteiger charge is -2.10. The van der Waals surface area contributed by atoms with Crippen LogP contribution >= 0.6 is 0 Å². The number of amides is 2. The van der Waals surface area contributed by atoms with Gasteiger partial charge in [-0.25, -0.2) is 0 Å². The van der Waals surface area contributed by atoms with Crippen LogP contribution in [0, 0.1) is 0 Å². The largest absolute Gasteiger partial charge is 0.397 e. The van der Waals surface area contributed by atoms with Gasteiger partial charge in [0, 0.05) is 18.5 Å². The highest BCUT2D eigenvalue weighted by atomic mass is 16.2. The summed E-state index contributed by atoms with van der Waals surface area (Å²) in [6.07, 6.45) is 14.0. The zero-order valence-electron chi connectivity index (χ0n) is 17.5. The lowest BCUT2D eigenvalue weighted by molar-refractivity contribution is -0.120. The monoisotopic (exact) mass is 385 g/mol. The highest BCUT2D eigenvalue weighted by Crippen LogP contribution is 2.12. The second-order valence-corrected chi connectivity index (χ2v) is 6.17. The molecule has 0 aromatic rings. The maximum absolute atomic E-state index is 12.3. The van der Waals surface area contributed by atoms with E-state index in [-0.39, 0.29) is 11.8 Å². The van der Waals surface area contributed by atoms with Gasteiger partial charge in [0.2, 0.25) is 5.91 Å². The Morgan fingerprint density at radius 3 is 2.36 bits per heavy atom. The molecule has 5 heteroatoms. The summed E-state index contributed by atoms with van der Waals surface area (Å²) in [6.45, 7) is 13.7. The van der Waals surface area contributed by atoms with E-state index < -0.39 is 0 Å². The first-order valence-electron chi connectivity index (χ1n) is 9.76. The topological polar surface area (TPSA) is 84.2 Å². The molecule has 0 unspecified atom stereocenters. The second-order valence-electron chi connectivity index (χ2n) is 6.17. The van der Waals surface area contributed by atoms with Gasteiger partial charge in [-0.2, -0.15) is 0 Å². The number of hydrogen-bond acceptors (Lipinski definition) is 3. The van der Waals surface area contributed by atoms with E-state index in [0.717, 1.165) is 31.3 Å². The fraction of sp³-hybridized carbons (Fsp3) is 0.391. The molecule has 0 spiro atoms. The van der Waals surface area contributed by atoms with Gasteiger partial charge in [-0.05, 0) is 44.8 Å². The number of rotatable bonds is 13. The lowest BCUT2D eigenvalue weighted by atomic mass is 10.0. The maximum atomic E-state index is 12.3. The predicted molar refractivity (Wildman–Crippen MR) is 118 cm³/mol. The van der Waals surface area contributed by atoms with Crippen LogP contribution < -0.4 is 16.4 Å². The van der Waals surface area contributed by atoms with Crippen LogP contribution in [0.4, 0.5) is 0 Å². The highest BCUT2D eigenvalue weighted by Gasteiger charge is 2.09. The minimum Gasteiger partial charge on any atom is -0.397 e. The van der Waals surface area contributed by atoms with Crippen molar-refractivity contribution in [3.8, 4) is 0 Å². The summed E-state index contributed by atoms with van der Waals surface area (Å²) in [5, 5.41) is 5.72. The van der Waals surface area contributed by atoms with E-state index in [4.69, 9.17) is 5.73 Å². The van der Waals surface area contributed by atoms with Crippen LogP contribution in [-0.2, 0) is 9.59 Å². The van der Waals surface area contributed by atoms with Gasteiger partial charge in [0.05, 0.1) is 11.4 Å². The van der Waals surface area contributed by atoms with Crippen molar-refractivity contribution >= 4 is 11.8 Å². The molecule has 2 amide bonds. The second kappa shape index (κ2) is 15.3. The van der Waals surface area contributed by atoms with E-state index in [1.165, 1.54) is 0 Å². The molecule has 0 atom stereocenters. The first-order chi connectivity index (χ1) is 13.4. The molecule has 0 saturated heterocycles. The number of nitrogens with one attached hydrogen (secondary N) is 2. The minimum absolute atomic E-state index is 0.0756. The molecule has 0 aliphatic heterocycles. The first-order valence-corrected chi connectivity index (χ1v) is 9.76. The standard InChI is InChI=1S/C23H35N3O2/c1-6-14-18(8-3)19(9-4)23(28)25-17-13-11-12-16-22(27)26-21(10-5)20(24)15-7-2/h6-7,9-10,14-15H,2,4,8,11-13,16-17,24H2,1,3,5H3,(H,25,28)(H,26,27)/b14-6-,19-18+,20-15+,21-10+. The number of allylic oxidation sites excluding steroid dienone is 6. The summed E-state index contributed by atoms with van der Waals surface area (Å²) in [7, 11) is 0. The van der Waals surface area contributed by atoms with E-state index in [1.54, 1.807) is 24.3 Å². The van der Waals surface area contributed by atoms with Gasteiger partial charge in [0.15, 0.2) is 0 Å². The fourth-order valence-corrected chi connectivity index (χ4v) is 2.59. The Morgan fingerprint density at radius 2 is 1.82 bits per heavy atom. The third-order valence-corrected chi connectivity index (χ3v) is 4.08. The van der Waals surface area contributed by atoms with Gasteiger partial charge >= 0.3 is 0 Å². The number of carbonyl (C=O) groups excluding carboxylic acids is 2. The van der Waals surface area contributed by atoms with E-state index in [0.29, 0.717) is 29.9 Å². The van der Waals surface area contributed by atoms with Crippen molar-refractivity contribution in [2.75, 3.05) is 6.54 Å². The van der Waals surface area contributed by atoms with Crippen molar-refractivity contribution in [3.05, 3.63) is 72.2 Å². The van der Waals surface area contributed by atoms with Crippen molar-refractivity contribution in [2.24, 2.45) is 5.73 Å². The van der Waals surface area contributed by atoms with Gasteiger partial charge < -0.3 is 16.4 Å². The summed E-state index contributed by atoms with van der Waals surface area (Å²) in [5.41, 5.74) is 8.50. The summed E-state index contributed by atoms with van der Waals surface area (Å²) < 4.78 is 0. The van der Waals surface area contributed by atoms with Crippen molar-refractivity contribution in [1.82, 2.24) is 10.6 Å². The molecule has 5 nitrogen and oxygen atoms in total. The van der Waals surface area contributed by atoms with Gasteiger partial charge in [-0.3, -0.25) is 9.59 Å². The quantitative estimate of drug-likeness (QED) is 0.253. The first kappa shape index (κ1) is 25.2. The average molecular weight is 386 g/mol. The number of hydrogen-bond donors (Lipinski definition) is 3. The minimum atomic E-state index is -0.107. The molecule has 4 N–H and O–H groups in total. The molecule has 0 rings (SSSR count). The van der Waals surface area contributed by atoms with Gasteiger partial charge in [0.25, 0.3) is 5.91 Å². The van der Waals surface area contributed by atoms with Gasteiger partial charge in [0.1, 0.15) is 0 Å². The summed E-state index contributed by atoms with van der Waals surface area (Å²) >= 11 is 0. The predicted octanol–water partition coefficient (Wildman–Crippen LogP) is 4.18. The molecule has 154 valence electrons. The molecule has 0 aromatic carbocycles. The van der Waals surface area contributed by atoms with Gasteiger partial charge in [-0.1, -0.05) is 56.9 Å². The summed E-state index contributed by atoms with van der Waals surface area (Å²) in [5.74, 6) is -0.182. The van der Waals surface area contributed by atoms with Crippen LogP contribution in [0.2, 0.25) is 0 Å². The molecular formula is C23H35N3O2. The van der Waals surface area contributed by atoms with E-state index in [2.05, 4.69) is 23.8 Å². The molecule has 0 bridgehead atoms. The molecule has 28 heavy (non-hydrogen) atoms. The average Bonchev–Trinajstić information content (AvgIpc) is 2.68. The normalized spacial score (nSPS) is 13.1. The highest BCUT2D eigenvalue weighted by molar-refractivity contribution is 5.97. The summed E-state index contributed by atoms with van der Waals surface area (Å²) in [6, 6.07) is 0. The Balaban J connectivity index is 4.29. The Bertz CT molecular complexity index is 667. The molecule has 0 aliphatic rings. The van der Waals surface area contributed by atoms with Crippen LogP contribution in [0.1, 0.15) is 52.9 Å². The SMILES string of the molecule is C=C/C=C(N)\C(=C/C)NC(=O)CCCCCNC(=O)/C(C=C)=C(/C=C\C)CC. The zero-order chi connectivity index (χ0) is 21.4. The molecule has 0 fully saturated rings. The van der Waals surface area contributed by atoms with Gasteiger partial charge in [-0.15, -0.1) is 0 Å². The van der Waals surface area contributed by atoms with E-state index >= 15 is 0 Å². The zero-order valence-corrected chi connectivity index (χ0v) is 17.5. The van der Waals surface area contributed by atoms with Crippen molar-refractivity contribution in [3.63, 3.8) is 0 Å². The Labute approximate surface area is 169 Å². The van der Waals surface area contributed by atoms with Crippen LogP contribution in [-0.4, -0.2) is 18.4 Å². The molecule has 0 aromatic heterocycles. The smallest absolute Gasteiger partial charge is 0.251 e. The van der Waals surface area contributed by atoms with Crippen LogP contribution in [0.25, 0.3) is 0 Å². The Morgan fingerprint density at radius 1 is 1.11 bits per heavy atom. The number of carbonyl (C=O) groups is 2. The van der Waals surface area contributed by atoms with E-state index in [1.807, 2.05) is 32.9 Å². The van der Waals surface area contributed by atoms with Crippen molar-refractivity contribution < 1.29 is 9.59 Å². The van der Waals surface area contributed by atoms with Crippen LogP contribution in [0.5, 0.6) is 0 Å². The van der Waals surface area contributed by atoms with Crippen molar-refractivity contribution in [1.29, 1.82) is 0 Å². The lowest BCUT2D eigenvalue weighted by Crippen LogP contribution is -2.27. The summed E-state index contributed by atoms with van der Waals surface area (Å²) in [4.78, 5) is 24.3. The number of nitrogens with two attached hydrogens (primary N) is 1. The third-order valence-electron chi connectivity index (χ3n) is 4.08. The van der Waals surface area contributed by atoms with Crippen LogP contribution in [0.15, 0.2) is 72.2 Å². The molecule has 0 saturated carbocycles. The number of unbranched alkanes of at least 4 members (excludes halogenated alkanes) is 2. The molecule has 0 radical (unpaired) electrons. The third kappa shape index (κ3) is 9.76. The molecule has 0 heterocycles. The Hall–Kier alpha value is -2.82. The van der Waals surface area contributed by atoms with E-state index in [9.17, 15) is 9.59 Å².